The van der Waals surface area contributed by atoms with Gasteiger partial charge >= 0.3 is 6.09 Å². The molecule has 1 amide bonds. The molecule has 2 aromatic carbocycles. The van der Waals surface area contributed by atoms with Crippen molar-refractivity contribution in [1.82, 2.24) is 5.32 Å². The molecule has 0 radical (unpaired) electrons. The first kappa shape index (κ1) is 22.5. The first-order chi connectivity index (χ1) is 13.0. The average molecular weight is 489 g/mol. The molecule has 0 aliphatic rings. The maximum absolute atomic E-state index is 13.3. The molecule has 28 heavy (non-hydrogen) atoms. The number of hydrogen-bond acceptors (Lipinski definition) is 4. The van der Waals surface area contributed by atoms with Crippen molar-refractivity contribution in [2.45, 2.75) is 32.4 Å². The number of carbonyl (C=O) groups excluding carboxylic acids is 2. The normalized spacial score (nSPS) is 12.2. The van der Waals surface area contributed by atoms with Crippen LogP contribution < -0.4 is 10.1 Å². The summed E-state index contributed by atoms with van der Waals surface area (Å²) in [5, 5.41) is 3.23. The van der Waals surface area contributed by atoms with Crippen LogP contribution in [-0.2, 0) is 4.74 Å². The van der Waals surface area contributed by atoms with Gasteiger partial charge in [-0.3, -0.25) is 4.79 Å². The second kappa shape index (κ2) is 9.16. The van der Waals surface area contributed by atoms with Gasteiger partial charge in [-0.25, -0.2) is 4.79 Å². The summed E-state index contributed by atoms with van der Waals surface area (Å²) in [7, 11) is 1.47. The highest BCUT2D eigenvalue weighted by molar-refractivity contribution is 9.10. The quantitative estimate of drug-likeness (QED) is 0.508. The van der Waals surface area contributed by atoms with Crippen molar-refractivity contribution < 1.29 is 19.1 Å². The standard InChI is InChI=1S/C20H20BrCl2NO4/c1-20(2,3)28-19(26)24-17(11-5-8-14(22)15(23)9-11)18(25)13-7-6-12(21)10-16(13)27-4/h5-10,17H,1-4H3,(H,24,26). The largest absolute Gasteiger partial charge is 0.496 e. The van der Waals surface area contributed by atoms with E-state index in [0.29, 0.717) is 21.9 Å². The Morgan fingerprint density at radius 2 is 1.75 bits per heavy atom. The Morgan fingerprint density at radius 3 is 2.32 bits per heavy atom. The minimum absolute atomic E-state index is 0.269. The zero-order valence-electron chi connectivity index (χ0n) is 15.8. The molecular weight excluding hydrogens is 469 g/mol. The maximum atomic E-state index is 13.3. The molecule has 0 spiro atoms. The second-order valence-corrected chi connectivity index (χ2v) is 8.69. The van der Waals surface area contributed by atoms with E-state index in [1.807, 2.05) is 0 Å². The van der Waals surface area contributed by atoms with Crippen LogP contribution in [-0.4, -0.2) is 24.6 Å². The lowest BCUT2D eigenvalue weighted by atomic mass is 9.97. The smallest absolute Gasteiger partial charge is 0.408 e. The van der Waals surface area contributed by atoms with E-state index in [0.717, 1.165) is 4.47 Å². The molecule has 5 nitrogen and oxygen atoms in total. The molecule has 0 aliphatic heterocycles. The van der Waals surface area contributed by atoms with Gasteiger partial charge in [-0.15, -0.1) is 0 Å². The van der Waals surface area contributed by atoms with Gasteiger partial charge in [0.05, 0.1) is 22.7 Å². The molecule has 0 saturated heterocycles. The average Bonchev–Trinajstić information content (AvgIpc) is 2.60. The summed E-state index contributed by atoms with van der Waals surface area (Å²) in [4.78, 5) is 25.6. The van der Waals surface area contributed by atoms with Crippen molar-refractivity contribution in [3.63, 3.8) is 0 Å². The second-order valence-electron chi connectivity index (χ2n) is 6.96. The van der Waals surface area contributed by atoms with E-state index in [4.69, 9.17) is 32.7 Å². The van der Waals surface area contributed by atoms with E-state index in [-0.39, 0.29) is 10.8 Å². The van der Waals surface area contributed by atoms with Crippen LogP contribution in [0.4, 0.5) is 4.79 Å². The van der Waals surface area contributed by atoms with Crippen molar-refractivity contribution in [3.8, 4) is 5.75 Å². The Kier molecular flexibility index (Phi) is 7.37. The molecule has 8 heteroatoms. The SMILES string of the molecule is COc1cc(Br)ccc1C(=O)C(NC(=O)OC(C)(C)C)c1ccc(Cl)c(Cl)c1. The first-order valence-corrected chi connectivity index (χ1v) is 9.89. The topological polar surface area (TPSA) is 64.6 Å². The third-order valence-electron chi connectivity index (χ3n) is 3.63. The Balaban J connectivity index is 2.46. The Hall–Kier alpha value is -1.76. The minimum Gasteiger partial charge on any atom is -0.496 e. The van der Waals surface area contributed by atoms with Crippen molar-refractivity contribution in [2.75, 3.05) is 7.11 Å². The van der Waals surface area contributed by atoms with E-state index >= 15 is 0 Å². The molecule has 1 unspecified atom stereocenters. The van der Waals surface area contributed by atoms with Gasteiger partial charge < -0.3 is 14.8 Å². The molecule has 0 bridgehead atoms. The highest BCUT2D eigenvalue weighted by Crippen LogP contribution is 2.31. The number of nitrogens with one attached hydrogen (secondary N) is 1. The fourth-order valence-corrected chi connectivity index (χ4v) is 3.09. The number of amides is 1. The molecule has 0 fully saturated rings. The molecule has 150 valence electrons. The van der Waals surface area contributed by atoms with Crippen molar-refractivity contribution in [3.05, 3.63) is 62.0 Å². The summed E-state index contributed by atoms with van der Waals surface area (Å²) in [5.74, 6) is -0.0102. The van der Waals surface area contributed by atoms with Crippen LogP contribution in [0.25, 0.3) is 0 Å². The highest BCUT2D eigenvalue weighted by atomic mass is 79.9. The fraction of sp³-hybridized carbons (Fsp3) is 0.300. The van der Waals surface area contributed by atoms with Crippen molar-refractivity contribution in [1.29, 1.82) is 0 Å². The Labute approximate surface area is 182 Å². The minimum atomic E-state index is -1.04. The Bertz CT molecular complexity index is 896. The van der Waals surface area contributed by atoms with Gasteiger partial charge in [0.25, 0.3) is 0 Å². The molecule has 0 aliphatic carbocycles. The zero-order valence-corrected chi connectivity index (χ0v) is 18.9. The van der Waals surface area contributed by atoms with Crippen LogP contribution in [0.1, 0.15) is 42.7 Å². The number of Topliss-reactive ketones (excluding diaryl/α,β-unsaturated/α-hetero) is 1. The molecular formula is C20H20BrCl2NO4. The number of ether oxygens (including phenoxy) is 2. The molecule has 0 aromatic heterocycles. The number of carbonyl (C=O) groups is 2. The van der Waals surface area contributed by atoms with E-state index < -0.39 is 17.7 Å². The Morgan fingerprint density at radius 1 is 1.07 bits per heavy atom. The summed E-state index contributed by atoms with van der Waals surface area (Å²) in [5.41, 5.74) is 0.0537. The van der Waals surface area contributed by atoms with E-state index in [9.17, 15) is 9.59 Å². The predicted molar refractivity (Wildman–Crippen MR) is 114 cm³/mol. The van der Waals surface area contributed by atoms with Gasteiger partial charge in [0.15, 0.2) is 5.78 Å². The molecule has 1 N–H and O–H groups in total. The van der Waals surface area contributed by atoms with Crippen molar-refractivity contribution >= 4 is 51.0 Å². The number of hydrogen-bond donors (Lipinski definition) is 1. The number of halogens is 3. The van der Waals surface area contributed by atoms with E-state index in [1.165, 1.54) is 13.2 Å². The zero-order chi connectivity index (χ0) is 21.1. The molecule has 0 saturated carbocycles. The molecule has 2 aromatic rings. The van der Waals surface area contributed by atoms with Gasteiger partial charge in [-0.1, -0.05) is 45.2 Å². The van der Waals surface area contributed by atoms with E-state index in [2.05, 4.69) is 21.2 Å². The number of methoxy groups -OCH3 is 1. The van der Waals surface area contributed by atoms with Crippen LogP contribution in [0.2, 0.25) is 10.0 Å². The lowest BCUT2D eigenvalue weighted by Crippen LogP contribution is -2.38. The van der Waals surface area contributed by atoms with E-state index in [1.54, 1.807) is 51.1 Å². The highest BCUT2D eigenvalue weighted by Gasteiger charge is 2.29. The molecule has 0 heterocycles. The van der Waals surface area contributed by atoms with Crippen LogP contribution in [0.3, 0.4) is 0 Å². The number of ketones is 1. The summed E-state index contributed by atoms with van der Waals surface area (Å²) in [6, 6.07) is 8.69. The number of benzene rings is 2. The summed E-state index contributed by atoms with van der Waals surface area (Å²) < 4.78 is 11.4. The van der Waals surface area contributed by atoms with Gasteiger partial charge in [0.1, 0.15) is 17.4 Å². The molecule has 1 atom stereocenters. The lowest BCUT2D eigenvalue weighted by molar-refractivity contribution is 0.0490. The summed E-state index contributed by atoms with van der Waals surface area (Å²) >= 11 is 15.4. The first-order valence-electron chi connectivity index (χ1n) is 8.34. The summed E-state index contributed by atoms with van der Waals surface area (Å²) in [6.07, 6.45) is -0.729. The van der Waals surface area contributed by atoms with Crippen LogP contribution >= 0.6 is 39.1 Å². The third kappa shape index (κ3) is 5.87. The fourth-order valence-electron chi connectivity index (χ4n) is 2.44. The number of alkyl carbamates (subject to hydrolysis) is 1. The maximum Gasteiger partial charge on any atom is 0.408 e. The van der Waals surface area contributed by atoms with Crippen LogP contribution in [0, 0.1) is 0 Å². The number of rotatable bonds is 5. The van der Waals surface area contributed by atoms with Crippen LogP contribution in [0.15, 0.2) is 40.9 Å². The van der Waals surface area contributed by atoms with Gasteiger partial charge in [0, 0.05) is 4.47 Å². The van der Waals surface area contributed by atoms with Crippen molar-refractivity contribution in [2.24, 2.45) is 0 Å². The third-order valence-corrected chi connectivity index (χ3v) is 4.86. The van der Waals surface area contributed by atoms with Gasteiger partial charge in [-0.2, -0.15) is 0 Å². The van der Waals surface area contributed by atoms with Gasteiger partial charge in [0.2, 0.25) is 0 Å². The van der Waals surface area contributed by atoms with Crippen LogP contribution in [0.5, 0.6) is 5.75 Å². The lowest BCUT2D eigenvalue weighted by Gasteiger charge is -2.24. The monoisotopic (exact) mass is 487 g/mol. The molecule has 2 rings (SSSR count). The predicted octanol–water partition coefficient (Wildman–Crippen LogP) is 6.21. The summed E-state index contributed by atoms with van der Waals surface area (Å²) in [6.45, 7) is 5.21. The van der Waals surface area contributed by atoms with Gasteiger partial charge in [-0.05, 0) is 56.7 Å².